The summed E-state index contributed by atoms with van der Waals surface area (Å²) in [5.74, 6) is 0.367. The number of nitro groups is 1. The number of aryl methyl sites for hydroxylation is 1. The summed E-state index contributed by atoms with van der Waals surface area (Å²) in [6.07, 6.45) is 2.35. The molecule has 12 heteroatoms. The van der Waals surface area contributed by atoms with E-state index >= 15 is 0 Å². The van der Waals surface area contributed by atoms with Crippen LogP contribution in [0.3, 0.4) is 0 Å². The van der Waals surface area contributed by atoms with E-state index in [1.807, 2.05) is 37.4 Å². The van der Waals surface area contributed by atoms with Gasteiger partial charge in [0, 0.05) is 25.7 Å². The Kier molecular flexibility index (Phi) is 9.49. The maximum atomic E-state index is 12.9. The van der Waals surface area contributed by atoms with E-state index in [1.165, 1.54) is 16.4 Å². The first-order chi connectivity index (χ1) is 16.7. The molecule has 2 aromatic rings. The second kappa shape index (κ2) is 12.3. The molecule has 0 unspecified atom stereocenters. The Morgan fingerprint density at radius 1 is 1.20 bits per heavy atom. The van der Waals surface area contributed by atoms with Crippen molar-refractivity contribution in [3.8, 4) is 0 Å². The van der Waals surface area contributed by atoms with Crippen molar-refractivity contribution in [2.24, 2.45) is 0 Å². The monoisotopic (exact) mass is 522 g/mol. The summed E-state index contributed by atoms with van der Waals surface area (Å²) >= 11 is 1.56. The SMILES string of the molecule is CSCC[C@@H](Nc1ccc(S(=O)(=O)N2CCOCC2)cc1[N+](=O)[O-])C(=O)NCc1ccc(C)cc1. The Hall–Kier alpha value is -2.67. The molecule has 0 bridgehead atoms. The predicted octanol–water partition coefficient (Wildman–Crippen LogP) is 2.77. The third-order valence-corrected chi connectivity index (χ3v) is 8.16. The molecule has 1 amide bonds. The molecule has 2 aromatic carbocycles. The Bertz CT molecular complexity index is 1140. The van der Waals surface area contributed by atoms with Crippen molar-refractivity contribution < 1.29 is 22.9 Å². The van der Waals surface area contributed by atoms with Crippen LogP contribution in [0.15, 0.2) is 47.4 Å². The molecule has 0 spiro atoms. The van der Waals surface area contributed by atoms with E-state index in [2.05, 4.69) is 10.6 Å². The first-order valence-electron chi connectivity index (χ1n) is 11.2. The highest BCUT2D eigenvalue weighted by atomic mass is 32.2. The van der Waals surface area contributed by atoms with Crippen molar-refractivity contribution in [1.29, 1.82) is 0 Å². The minimum atomic E-state index is -3.90. The third-order valence-electron chi connectivity index (χ3n) is 5.62. The third kappa shape index (κ3) is 7.17. The van der Waals surface area contributed by atoms with Crippen molar-refractivity contribution >= 4 is 39.1 Å². The lowest BCUT2D eigenvalue weighted by Gasteiger charge is -2.26. The fourth-order valence-electron chi connectivity index (χ4n) is 3.59. The molecule has 1 saturated heterocycles. The zero-order valence-corrected chi connectivity index (χ0v) is 21.4. The molecule has 1 heterocycles. The van der Waals surface area contributed by atoms with Crippen molar-refractivity contribution in [1.82, 2.24) is 9.62 Å². The number of amides is 1. The number of nitrogens with zero attached hydrogens (tertiary/aromatic N) is 2. The normalized spacial score (nSPS) is 15.4. The molecule has 10 nitrogen and oxygen atoms in total. The number of morpholine rings is 1. The van der Waals surface area contributed by atoms with Gasteiger partial charge in [0.2, 0.25) is 15.9 Å². The molecular weight excluding hydrogens is 492 g/mol. The smallest absolute Gasteiger partial charge is 0.293 e. The van der Waals surface area contributed by atoms with Gasteiger partial charge in [0.05, 0.1) is 23.0 Å². The lowest BCUT2D eigenvalue weighted by molar-refractivity contribution is -0.384. The quantitative estimate of drug-likeness (QED) is 0.340. The van der Waals surface area contributed by atoms with E-state index in [0.717, 1.165) is 17.2 Å². The van der Waals surface area contributed by atoms with Crippen LogP contribution in [-0.2, 0) is 26.1 Å². The number of sulfonamides is 1. The van der Waals surface area contributed by atoms with Gasteiger partial charge in [-0.3, -0.25) is 14.9 Å². The largest absolute Gasteiger partial charge is 0.379 e. The van der Waals surface area contributed by atoms with Crippen LogP contribution in [0.1, 0.15) is 17.5 Å². The van der Waals surface area contributed by atoms with Gasteiger partial charge in [-0.15, -0.1) is 0 Å². The fraction of sp³-hybridized carbons (Fsp3) is 0.435. The highest BCUT2D eigenvalue weighted by Gasteiger charge is 2.30. The maximum Gasteiger partial charge on any atom is 0.293 e. The number of nitro benzene ring substituents is 1. The molecule has 0 aliphatic carbocycles. The predicted molar refractivity (Wildman–Crippen MR) is 136 cm³/mol. The molecule has 1 aliphatic heterocycles. The van der Waals surface area contributed by atoms with Crippen LogP contribution >= 0.6 is 11.8 Å². The van der Waals surface area contributed by atoms with Gasteiger partial charge in [0.15, 0.2) is 0 Å². The topological polar surface area (TPSA) is 131 Å². The zero-order chi connectivity index (χ0) is 25.4. The highest BCUT2D eigenvalue weighted by molar-refractivity contribution is 7.98. The molecule has 35 heavy (non-hydrogen) atoms. The molecule has 1 fully saturated rings. The first kappa shape index (κ1) is 26.9. The van der Waals surface area contributed by atoms with Crippen molar-refractivity contribution in [2.45, 2.75) is 30.8 Å². The van der Waals surface area contributed by atoms with Gasteiger partial charge < -0.3 is 15.4 Å². The van der Waals surface area contributed by atoms with E-state index < -0.39 is 26.7 Å². The summed E-state index contributed by atoms with van der Waals surface area (Å²) in [4.78, 5) is 23.9. The summed E-state index contributed by atoms with van der Waals surface area (Å²) in [7, 11) is -3.90. The maximum absolute atomic E-state index is 12.9. The Labute approximate surface area is 209 Å². The number of carbonyl (C=O) groups excluding carboxylic acids is 1. The van der Waals surface area contributed by atoms with Crippen LogP contribution in [0.25, 0.3) is 0 Å². The van der Waals surface area contributed by atoms with Gasteiger partial charge in [-0.05, 0) is 43.0 Å². The summed E-state index contributed by atoms with van der Waals surface area (Å²) < 4.78 is 32.3. The number of carbonyl (C=O) groups is 1. The van der Waals surface area contributed by atoms with Crippen LogP contribution in [0.5, 0.6) is 0 Å². The summed E-state index contributed by atoms with van der Waals surface area (Å²) in [6, 6.07) is 10.8. The van der Waals surface area contributed by atoms with Gasteiger partial charge in [0.25, 0.3) is 5.69 Å². The van der Waals surface area contributed by atoms with Crippen LogP contribution in [0.2, 0.25) is 0 Å². The second-order valence-electron chi connectivity index (χ2n) is 8.13. The number of hydrogen-bond acceptors (Lipinski definition) is 8. The van der Waals surface area contributed by atoms with E-state index in [0.29, 0.717) is 18.7 Å². The minimum Gasteiger partial charge on any atom is -0.379 e. The standard InChI is InChI=1S/C23H30N4O6S2/c1-17-3-5-18(6-4-17)16-24-23(28)21(9-14-34-2)25-20-8-7-19(15-22(20)27(29)30)35(31,32)26-10-12-33-13-11-26/h3-8,15,21,25H,9-14,16H2,1-2H3,(H,24,28)/t21-/m1/s1. The molecule has 0 aromatic heterocycles. The zero-order valence-electron chi connectivity index (χ0n) is 19.7. The van der Waals surface area contributed by atoms with Crippen molar-refractivity contribution in [3.63, 3.8) is 0 Å². The molecule has 0 radical (unpaired) electrons. The van der Waals surface area contributed by atoms with Gasteiger partial charge in [0.1, 0.15) is 11.7 Å². The Morgan fingerprint density at radius 2 is 1.89 bits per heavy atom. The van der Waals surface area contributed by atoms with Crippen molar-refractivity contribution in [2.75, 3.05) is 43.6 Å². The number of hydrogen-bond donors (Lipinski definition) is 2. The molecule has 3 rings (SSSR count). The fourth-order valence-corrected chi connectivity index (χ4v) is 5.49. The highest BCUT2D eigenvalue weighted by Crippen LogP contribution is 2.30. The van der Waals surface area contributed by atoms with E-state index in [-0.39, 0.29) is 42.8 Å². The van der Waals surface area contributed by atoms with Crippen LogP contribution in [0.4, 0.5) is 11.4 Å². The summed E-state index contributed by atoms with van der Waals surface area (Å²) in [5, 5.41) is 17.7. The lowest BCUT2D eigenvalue weighted by Crippen LogP contribution is -2.40. The first-order valence-corrected chi connectivity index (χ1v) is 14.0. The van der Waals surface area contributed by atoms with Crippen molar-refractivity contribution in [3.05, 3.63) is 63.7 Å². The summed E-state index contributed by atoms with van der Waals surface area (Å²) in [6.45, 7) is 3.23. The number of anilines is 1. The van der Waals surface area contributed by atoms with Gasteiger partial charge in [-0.2, -0.15) is 16.1 Å². The lowest BCUT2D eigenvalue weighted by atomic mass is 10.1. The average molecular weight is 523 g/mol. The molecule has 1 atom stereocenters. The molecule has 190 valence electrons. The average Bonchev–Trinajstić information content (AvgIpc) is 2.86. The number of thioether (sulfide) groups is 1. The number of nitrogens with one attached hydrogen (secondary N) is 2. The minimum absolute atomic E-state index is 0.0903. The Morgan fingerprint density at radius 3 is 2.51 bits per heavy atom. The van der Waals surface area contributed by atoms with Gasteiger partial charge in [-0.25, -0.2) is 8.42 Å². The summed E-state index contributed by atoms with van der Waals surface area (Å²) in [5.41, 5.74) is 1.74. The van der Waals surface area contributed by atoms with E-state index in [9.17, 15) is 23.3 Å². The Balaban J connectivity index is 1.79. The van der Waals surface area contributed by atoms with Crippen LogP contribution in [0, 0.1) is 17.0 Å². The van der Waals surface area contributed by atoms with Crippen LogP contribution in [-0.4, -0.2) is 67.9 Å². The molecule has 2 N–H and O–H groups in total. The van der Waals surface area contributed by atoms with E-state index in [4.69, 9.17) is 4.74 Å². The molecule has 1 aliphatic rings. The number of benzene rings is 2. The van der Waals surface area contributed by atoms with Gasteiger partial charge >= 0.3 is 0 Å². The molecular formula is C23H30N4O6S2. The number of ether oxygens (including phenoxy) is 1. The number of rotatable bonds is 11. The van der Waals surface area contributed by atoms with Gasteiger partial charge in [-0.1, -0.05) is 29.8 Å². The molecule has 0 saturated carbocycles. The van der Waals surface area contributed by atoms with Crippen LogP contribution < -0.4 is 10.6 Å². The van der Waals surface area contributed by atoms with E-state index in [1.54, 1.807) is 11.8 Å². The second-order valence-corrected chi connectivity index (χ2v) is 11.1.